The number of carbonyl (C=O) groups excluding carboxylic acids is 1. The Morgan fingerprint density at radius 3 is 2.90 bits per heavy atom. The van der Waals surface area contributed by atoms with Crippen LogP contribution in [0.25, 0.3) is 0 Å². The van der Waals surface area contributed by atoms with Gasteiger partial charge in [0, 0.05) is 12.5 Å². The topological polar surface area (TPSA) is 78.9 Å². The number of carbonyl (C=O) groups is 1. The molecule has 1 atom stereocenters. The molecule has 0 radical (unpaired) electrons. The zero-order chi connectivity index (χ0) is 7.98. The Hall–Kier alpha value is -1.08. The lowest BCUT2D eigenvalue weighted by molar-refractivity contribution is -0.118. The molecular weight excluding hydrogens is 130 g/mol. The number of hydrogen-bond donors (Lipinski definition) is 2. The van der Waals surface area contributed by atoms with Crippen LogP contribution in [-0.4, -0.2) is 18.5 Å². The van der Waals surface area contributed by atoms with Crippen LogP contribution in [0.2, 0.25) is 0 Å². The Morgan fingerprint density at radius 1 is 1.90 bits per heavy atom. The smallest absolute Gasteiger partial charge is 0.218 e. The molecule has 0 bridgehead atoms. The Balaban J connectivity index is 3.36. The van der Waals surface area contributed by atoms with Gasteiger partial charge in [-0.1, -0.05) is 0 Å². The normalized spacial score (nSPS) is 12.0. The van der Waals surface area contributed by atoms with Gasteiger partial charge in [-0.2, -0.15) is 5.26 Å². The van der Waals surface area contributed by atoms with Crippen LogP contribution in [0.15, 0.2) is 0 Å². The quantitative estimate of drug-likeness (QED) is 0.511. The van der Waals surface area contributed by atoms with Crippen LogP contribution in [-0.2, 0) is 4.79 Å². The van der Waals surface area contributed by atoms with Gasteiger partial charge in [0.1, 0.15) is 0 Å². The maximum Gasteiger partial charge on any atom is 0.218 e. The van der Waals surface area contributed by atoms with Gasteiger partial charge in [-0.15, -0.1) is 0 Å². The van der Waals surface area contributed by atoms with Gasteiger partial charge in [0.25, 0.3) is 0 Å². The molecule has 4 nitrogen and oxygen atoms in total. The van der Waals surface area contributed by atoms with Crippen molar-refractivity contribution in [2.75, 3.05) is 6.54 Å². The number of nitrogens with one attached hydrogen (secondary N) is 1. The Labute approximate surface area is 60.0 Å². The molecule has 3 N–H and O–H groups in total. The second-order valence-corrected chi connectivity index (χ2v) is 2.11. The summed E-state index contributed by atoms with van der Waals surface area (Å²) in [6, 6.07) is 1.91. The molecule has 4 heteroatoms. The van der Waals surface area contributed by atoms with Crippen LogP contribution in [0, 0.1) is 11.3 Å². The van der Waals surface area contributed by atoms with E-state index in [1.54, 1.807) is 0 Å². The summed E-state index contributed by atoms with van der Waals surface area (Å²) in [4.78, 5) is 10.3. The van der Waals surface area contributed by atoms with Crippen molar-refractivity contribution in [2.45, 2.75) is 19.4 Å². The summed E-state index contributed by atoms with van der Waals surface area (Å²) >= 11 is 0. The second-order valence-electron chi connectivity index (χ2n) is 2.11. The molecule has 0 aliphatic carbocycles. The summed E-state index contributed by atoms with van der Waals surface area (Å²) in [7, 11) is 0. The molecule has 0 aliphatic rings. The van der Waals surface area contributed by atoms with Crippen molar-refractivity contribution < 1.29 is 4.79 Å². The van der Waals surface area contributed by atoms with Crippen molar-refractivity contribution in [2.24, 2.45) is 5.73 Å². The number of amides is 1. The summed E-state index contributed by atoms with van der Waals surface area (Å²) < 4.78 is 0. The second kappa shape index (κ2) is 4.77. The number of nitrogens with zero attached hydrogens (tertiary/aromatic N) is 1. The Bertz CT molecular complexity index is 150. The van der Waals surface area contributed by atoms with E-state index >= 15 is 0 Å². The van der Waals surface area contributed by atoms with E-state index in [1.807, 2.05) is 13.0 Å². The SMILES string of the molecule is CC(CC(N)=O)NCC#N. The fourth-order valence-electron chi connectivity index (χ4n) is 0.594. The minimum atomic E-state index is -0.349. The van der Waals surface area contributed by atoms with Crippen LogP contribution in [0.5, 0.6) is 0 Å². The lowest BCUT2D eigenvalue weighted by atomic mass is 10.2. The summed E-state index contributed by atoms with van der Waals surface area (Å²) in [6.07, 6.45) is 0.279. The van der Waals surface area contributed by atoms with Crippen LogP contribution >= 0.6 is 0 Å². The van der Waals surface area contributed by atoms with Crippen LogP contribution in [0.1, 0.15) is 13.3 Å². The number of hydrogen-bond acceptors (Lipinski definition) is 3. The average molecular weight is 141 g/mol. The van der Waals surface area contributed by atoms with E-state index < -0.39 is 0 Å². The van der Waals surface area contributed by atoms with Crippen molar-refractivity contribution in [1.29, 1.82) is 5.26 Å². The van der Waals surface area contributed by atoms with Crippen LogP contribution in [0.4, 0.5) is 0 Å². The molecule has 0 rings (SSSR count). The molecule has 10 heavy (non-hydrogen) atoms. The zero-order valence-corrected chi connectivity index (χ0v) is 5.92. The molecule has 0 aromatic rings. The monoisotopic (exact) mass is 141 g/mol. The van der Waals surface area contributed by atoms with E-state index in [-0.39, 0.29) is 24.9 Å². The number of primary amides is 1. The van der Waals surface area contributed by atoms with Crippen molar-refractivity contribution >= 4 is 5.91 Å². The fraction of sp³-hybridized carbons (Fsp3) is 0.667. The van der Waals surface area contributed by atoms with Crippen LogP contribution < -0.4 is 11.1 Å². The summed E-state index contributed by atoms with van der Waals surface area (Å²) in [5, 5.41) is 10.9. The lowest BCUT2D eigenvalue weighted by Crippen LogP contribution is -2.31. The molecule has 0 heterocycles. The maximum absolute atomic E-state index is 10.3. The molecular formula is C6H11N3O. The van der Waals surface area contributed by atoms with Crippen molar-refractivity contribution in [3.8, 4) is 6.07 Å². The first-order valence-corrected chi connectivity index (χ1v) is 3.05. The molecule has 0 spiro atoms. The zero-order valence-electron chi connectivity index (χ0n) is 5.92. The lowest BCUT2D eigenvalue weighted by Gasteiger charge is -2.06. The highest BCUT2D eigenvalue weighted by Crippen LogP contribution is 1.86. The molecule has 0 aromatic carbocycles. The first kappa shape index (κ1) is 8.92. The van der Waals surface area contributed by atoms with Gasteiger partial charge in [-0.25, -0.2) is 0 Å². The highest BCUT2D eigenvalue weighted by atomic mass is 16.1. The molecule has 0 saturated carbocycles. The number of nitrogens with two attached hydrogens (primary N) is 1. The summed E-state index contributed by atoms with van der Waals surface area (Å²) in [6.45, 7) is 2.07. The van der Waals surface area contributed by atoms with E-state index in [0.717, 1.165) is 0 Å². The van der Waals surface area contributed by atoms with Crippen molar-refractivity contribution in [1.82, 2.24) is 5.32 Å². The van der Waals surface area contributed by atoms with Gasteiger partial charge in [-0.05, 0) is 6.92 Å². The van der Waals surface area contributed by atoms with Gasteiger partial charge < -0.3 is 11.1 Å². The molecule has 1 unspecified atom stereocenters. The minimum absolute atomic E-state index is 0.00264. The molecule has 0 aromatic heterocycles. The van der Waals surface area contributed by atoms with Gasteiger partial charge in [0.2, 0.25) is 5.91 Å². The largest absolute Gasteiger partial charge is 0.370 e. The third kappa shape index (κ3) is 5.06. The van der Waals surface area contributed by atoms with E-state index in [1.165, 1.54) is 0 Å². The summed E-state index contributed by atoms with van der Waals surface area (Å²) in [5.41, 5.74) is 4.90. The van der Waals surface area contributed by atoms with E-state index in [0.29, 0.717) is 0 Å². The Kier molecular flexibility index (Phi) is 4.25. The first-order chi connectivity index (χ1) is 4.66. The molecule has 56 valence electrons. The highest BCUT2D eigenvalue weighted by molar-refractivity contribution is 5.74. The van der Waals surface area contributed by atoms with Gasteiger partial charge in [0.15, 0.2) is 0 Å². The predicted octanol–water partition coefficient (Wildman–Crippen LogP) is -0.637. The maximum atomic E-state index is 10.3. The predicted molar refractivity (Wildman–Crippen MR) is 36.9 cm³/mol. The summed E-state index contributed by atoms with van der Waals surface area (Å²) in [5.74, 6) is -0.349. The van der Waals surface area contributed by atoms with E-state index in [4.69, 9.17) is 11.0 Å². The fourth-order valence-corrected chi connectivity index (χ4v) is 0.594. The van der Waals surface area contributed by atoms with Crippen molar-refractivity contribution in [3.05, 3.63) is 0 Å². The van der Waals surface area contributed by atoms with Gasteiger partial charge in [0.05, 0.1) is 12.6 Å². The third-order valence-electron chi connectivity index (χ3n) is 1.04. The first-order valence-electron chi connectivity index (χ1n) is 3.05. The average Bonchev–Trinajstić information content (AvgIpc) is 1.82. The molecule has 0 saturated heterocycles. The highest BCUT2D eigenvalue weighted by Gasteiger charge is 2.02. The number of rotatable bonds is 4. The standard InChI is InChI=1S/C6H11N3O/c1-5(4-6(8)10)9-3-2-7/h5,9H,3-4H2,1H3,(H2,8,10). The van der Waals surface area contributed by atoms with Gasteiger partial charge in [-0.3, -0.25) is 4.79 Å². The van der Waals surface area contributed by atoms with E-state index in [2.05, 4.69) is 5.32 Å². The minimum Gasteiger partial charge on any atom is -0.370 e. The van der Waals surface area contributed by atoms with Crippen molar-refractivity contribution in [3.63, 3.8) is 0 Å². The van der Waals surface area contributed by atoms with E-state index in [9.17, 15) is 4.79 Å². The molecule has 0 aliphatic heterocycles. The third-order valence-corrected chi connectivity index (χ3v) is 1.04. The molecule has 1 amide bonds. The molecule has 0 fully saturated rings. The van der Waals surface area contributed by atoms with Crippen LogP contribution in [0.3, 0.4) is 0 Å². The number of nitriles is 1. The van der Waals surface area contributed by atoms with Gasteiger partial charge >= 0.3 is 0 Å². The Morgan fingerprint density at radius 2 is 2.50 bits per heavy atom.